The van der Waals surface area contributed by atoms with Gasteiger partial charge < -0.3 is 15.8 Å². The van der Waals surface area contributed by atoms with E-state index in [1.165, 1.54) is 6.33 Å². The van der Waals surface area contributed by atoms with Crippen LogP contribution in [0.5, 0.6) is 0 Å². The van der Waals surface area contributed by atoms with Gasteiger partial charge in [-0.2, -0.15) is 10.4 Å². The molecule has 0 radical (unpaired) electrons. The van der Waals surface area contributed by atoms with E-state index in [0.717, 1.165) is 56.0 Å². The monoisotopic (exact) mass is 407 g/mol. The molecule has 1 unspecified atom stereocenters. The van der Waals surface area contributed by atoms with E-state index in [1.807, 2.05) is 29.8 Å². The Morgan fingerprint density at radius 2 is 2.13 bits per heavy atom. The molecule has 4 rings (SSSR count). The molecule has 3 aromatic heterocycles. The number of morpholine rings is 1. The Balaban J connectivity index is 1.61. The van der Waals surface area contributed by atoms with E-state index < -0.39 is 0 Å². The number of anilines is 2. The molecule has 3 aromatic rings. The summed E-state index contributed by atoms with van der Waals surface area (Å²) >= 11 is 0. The first-order valence-electron chi connectivity index (χ1n) is 9.98. The number of hydrogen-bond donors (Lipinski definition) is 2. The molecule has 1 saturated heterocycles. The summed E-state index contributed by atoms with van der Waals surface area (Å²) in [5.74, 6) is 1.14. The minimum Gasteiger partial charge on any atom is -0.382 e. The molecular formula is C20H25N9O. The van der Waals surface area contributed by atoms with Crippen molar-refractivity contribution in [1.82, 2.24) is 29.5 Å². The maximum Gasteiger partial charge on any atom is 0.171 e. The number of nitrogens with two attached hydrogens (primary N) is 1. The van der Waals surface area contributed by atoms with Gasteiger partial charge in [-0.05, 0) is 25.5 Å². The van der Waals surface area contributed by atoms with E-state index in [-0.39, 0.29) is 17.4 Å². The lowest BCUT2D eigenvalue weighted by Gasteiger charge is -2.26. The number of rotatable bonds is 6. The summed E-state index contributed by atoms with van der Waals surface area (Å²) in [5, 5.41) is 17.2. The largest absolute Gasteiger partial charge is 0.382 e. The van der Waals surface area contributed by atoms with E-state index >= 15 is 0 Å². The molecular weight excluding hydrogens is 382 g/mol. The van der Waals surface area contributed by atoms with Crippen LogP contribution in [0.1, 0.15) is 35.6 Å². The van der Waals surface area contributed by atoms with Crippen LogP contribution in [0.15, 0.2) is 18.6 Å². The minimum absolute atomic E-state index is 0.144. The Bertz CT molecular complexity index is 1080. The van der Waals surface area contributed by atoms with Crippen molar-refractivity contribution in [1.29, 1.82) is 5.26 Å². The number of aromatic nitrogens is 5. The highest BCUT2D eigenvalue weighted by Gasteiger charge is 2.19. The van der Waals surface area contributed by atoms with Gasteiger partial charge in [0, 0.05) is 32.3 Å². The lowest BCUT2D eigenvalue weighted by molar-refractivity contribution is 0.0383. The Labute approximate surface area is 174 Å². The third-order valence-electron chi connectivity index (χ3n) is 5.30. The summed E-state index contributed by atoms with van der Waals surface area (Å²) in [6.07, 6.45) is 4.10. The van der Waals surface area contributed by atoms with E-state index in [9.17, 15) is 5.26 Å². The molecule has 0 aliphatic carbocycles. The van der Waals surface area contributed by atoms with Crippen molar-refractivity contribution in [2.75, 3.05) is 43.9 Å². The predicted molar refractivity (Wildman–Crippen MR) is 112 cm³/mol. The predicted octanol–water partition coefficient (Wildman–Crippen LogP) is 1.33. The van der Waals surface area contributed by atoms with Crippen LogP contribution in [-0.4, -0.2) is 62.3 Å². The third kappa shape index (κ3) is 4.03. The summed E-state index contributed by atoms with van der Waals surface area (Å²) in [5.41, 5.74) is 9.21. The summed E-state index contributed by atoms with van der Waals surface area (Å²) in [7, 11) is 0. The van der Waals surface area contributed by atoms with Gasteiger partial charge in [-0.3, -0.25) is 4.90 Å². The second-order valence-electron chi connectivity index (χ2n) is 7.37. The van der Waals surface area contributed by atoms with Crippen molar-refractivity contribution < 1.29 is 4.74 Å². The number of nitrogens with zero attached hydrogens (tertiary/aromatic N) is 7. The third-order valence-corrected chi connectivity index (χ3v) is 5.30. The van der Waals surface area contributed by atoms with Gasteiger partial charge in [0.1, 0.15) is 29.6 Å². The second kappa shape index (κ2) is 8.61. The maximum atomic E-state index is 9.37. The number of fused-ring (bicyclic) bond motifs is 1. The number of hydrogen-bond acceptors (Lipinski definition) is 9. The van der Waals surface area contributed by atoms with Crippen LogP contribution in [-0.2, 0) is 11.2 Å². The van der Waals surface area contributed by atoms with Crippen molar-refractivity contribution >= 4 is 17.2 Å². The highest BCUT2D eigenvalue weighted by molar-refractivity contribution is 5.62. The number of nitrogen functional groups attached to an aromatic ring is 1. The van der Waals surface area contributed by atoms with E-state index in [0.29, 0.717) is 11.6 Å². The highest BCUT2D eigenvalue weighted by Crippen LogP contribution is 2.23. The molecule has 1 atom stereocenters. The van der Waals surface area contributed by atoms with Crippen molar-refractivity contribution in [2.24, 2.45) is 0 Å². The van der Waals surface area contributed by atoms with Crippen LogP contribution >= 0.6 is 0 Å². The van der Waals surface area contributed by atoms with Gasteiger partial charge in [-0.1, -0.05) is 0 Å². The first-order chi connectivity index (χ1) is 14.6. The standard InChI is InChI=1S/C20H25N9O/c1-13-3-6-29-17(13)16(4-5-28-7-9-30-10-8-28)26-19(27-29)14(2)25-20-15(11-21)18(22)23-12-24-20/h3,6,12,14H,4-5,7-10H2,1-2H3,(H3,22,23,24,25). The smallest absolute Gasteiger partial charge is 0.171 e. The molecule has 30 heavy (non-hydrogen) atoms. The van der Waals surface area contributed by atoms with Crippen molar-refractivity contribution in [3.63, 3.8) is 0 Å². The number of aryl methyl sites for hydroxylation is 1. The van der Waals surface area contributed by atoms with E-state index in [1.54, 1.807) is 0 Å². The molecule has 0 bridgehead atoms. The second-order valence-corrected chi connectivity index (χ2v) is 7.37. The van der Waals surface area contributed by atoms with Gasteiger partial charge in [-0.25, -0.2) is 19.5 Å². The van der Waals surface area contributed by atoms with Crippen LogP contribution in [0.3, 0.4) is 0 Å². The van der Waals surface area contributed by atoms with Crippen LogP contribution in [0.2, 0.25) is 0 Å². The van der Waals surface area contributed by atoms with E-state index in [2.05, 4.69) is 32.2 Å². The fourth-order valence-corrected chi connectivity index (χ4v) is 3.62. The van der Waals surface area contributed by atoms with Gasteiger partial charge in [-0.15, -0.1) is 0 Å². The number of ether oxygens (including phenoxy) is 1. The molecule has 1 aliphatic heterocycles. The Hall–Kier alpha value is -3.29. The van der Waals surface area contributed by atoms with Crippen molar-refractivity contribution in [3.05, 3.63) is 41.2 Å². The molecule has 0 amide bonds. The number of nitriles is 1. The van der Waals surface area contributed by atoms with Gasteiger partial charge in [0.05, 0.1) is 30.5 Å². The molecule has 1 aliphatic rings. The summed E-state index contributed by atoms with van der Waals surface area (Å²) < 4.78 is 7.32. The quantitative estimate of drug-likeness (QED) is 0.621. The number of nitrogens with one attached hydrogen (secondary N) is 1. The first-order valence-corrected chi connectivity index (χ1v) is 9.98. The Morgan fingerprint density at radius 1 is 1.33 bits per heavy atom. The Morgan fingerprint density at radius 3 is 2.90 bits per heavy atom. The van der Waals surface area contributed by atoms with Gasteiger partial charge in [0.2, 0.25) is 0 Å². The fraction of sp³-hybridized carbons (Fsp3) is 0.450. The van der Waals surface area contributed by atoms with Crippen LogP contribution in [0, 0.1) is 18.3 Å². The molecule has 3 N–H and O–H groups in total. The first kappa shape index (κ1) is 20.0. The molecule has 10 nitrogen and oxygen atoms in total. The summed E-state index contributed by atoms with van der Waals surface area (Å²) in [6.45, 7) is 8.36. The zero-order valence-electron chi connectivity index (χ0n) is 17.2. The van der Waals surface area contributed by atoms with Crippen LogP contribution in [0.25, 0.3) is 5.52 Å². The molecule has 0 aromatic carbocycles. The fourth-order valence-electron chi connectivity index (χ4n) is 3.62. The van der Waals surface area contributed by atoms with Crippen molar-refractivity contribution in [3.8, 4) is 6.07 Å². The SMILES string of the molecule is Cc1ccn2nc(C(C)Nc3ncnc(N)c3C#N)nc(CCN3CCOCC3)c12. The van der Waals surface area contributed by atoms with Crippen LogP contribution < -0.4 is 11.1 Å². The normalized spacial score (nSPS) is 15.8. The highest BCUT2D eigenvalue weighted by atomic mass is 16.5. The van der Waals surface area contributed by atoms with Gasteiger partial charge in [0.25, 0.3) is 0 Å². The molecule has 10 heteroatoms. The molecule has 0 saturated carbocycles. The molecule has 1 fully saturated rings. The van der Waals surface area contributed by atoms with Gasteiger partial charge in [0.15, 0.2) is 5.82 Å². The zero-order chi connectivity index (χ0) is 21.1. The average Bonchev–Trinajstić information content (AvgIpc) is 3.14. The topological polar surface area (TPSA) is 130 Å². The van der Waals surface area contributed by atoms with E-state index in [4.69, 9.17) is 15.5 Å². The zero-order valence-corrected chi connectivity index (χ0v) is 17.2. The molecule has 0 spiro atoms. The summed E-state index contributed by atoms with van der Waals surface area (Å²) in [6, 6.07) is 3.81. The maximum absolute atomic E-state index is 9.37. The minimum atomic E-state index is -0.277. The molecule has 156 valence electrons. The van der Waals surface area contributed by atoms with Crippen LogP contribution in [0.4, 0.5) is 11.6 Å². The lowest BCUT2D eigenvalue weighted by Crippen LogP contribution is -2.37. The molecule has 4 heterocycles. The average molecular weight is 407 g/mol. The van der Waals surface area contributed by atoms with Gasteiger partial charge >= 0.3 is 0 Å². The summed E-state index contributed by atoms with van der Waals surface area (Å²) in [4.78, 5) is 15.3. The van der Waals surface area contributed by atoms with Crippen molar-refractivity contribution in [2.45, 2.75) is 26.3 Å². The Kier molecular flexibility index (Phi) is 5.74. The lowest BCUT2D eigenvalue weighted by atomic mass is 10.2.